The lowest BCUT2D eigenvalue weighted by Gasteiger charge is -2.35. The SMILES string of the molecule is COc1ccc(C(=O)[C@H](C)N(C(=O)c2ccc(Cl)cc2Cl)N2C(=O)[C@@H]3[C@@H](C)C=CC[C@H]3C2=O)cc1. The van der Waals surface area contributed by atoms with Gasteiger partial charge in [0.25, 0.3) is 17.7 Å². The number of benzene rings is 2. The van der Waals surface area contributed by atoms with E-state index in [4.69, 9.17) is 27.9 Å². The molecule has 3 amide bonds. The van der Waals surface area contributed by atoms with E-state index in [1.807, 2.05) is 19.1 Å². The summed E-state index contributed by atoms with van der Waals surface area (Å²) in [5, 5.41) is 2.15. The van der Waals surface area contributed by atoms with Crippen LogP contribution in [-0.4, -0.2) is 46.7 Å². The molecule has 4 rings (SSSR count). The molecule has 0 bridgehead atoms. The molecule has 1 saturated heterocycles. The largest absolute Gasteiger partial charge is 0.497 e. The molecule has 182 valence electrons. The van der Waals surface area contributed by atoms with E-state index in [0.29, 0.717) is 22.8 Å². The highest BCUT2D eigenvalue weighted by atomic mass is 35.5. The molecular weight excluding hydrogens is 491 g/mol. The van der Waals surface area contributed by atoms with Gasteiger partial charge in [0.1, 0.15) is 11.8 Å². The maximum Gasteiger partial charge on any atom is 0.275 e. The highest BCUT2D eigenvalue weighted by molar-refractivity contribution is 6.36. The smallest absolute Gasteiger partial charge is 0.275 e. The zero-order valence-corrected chi connectivity index (χ0v) is 20.9. The molecule has 0 N–H and O–H groups in total. The molecule has 2 aromatic rings. The fourth-order valence-electron chi connectivity index (χ4n) is 4.68. The Morgan fingerprint density at radius 1 is 1.09 bits per heavy atom. The number of hydrazine groups is 1. The van der Waals surface area contributed by atoms with Gasteiger partial charge in [-0.15, -0.1) is 0 Å². The number of allylic oxidation sites excluding steroid dienone is 2. The Balaban J connectivity index is 1.77. The molecule has 0 unspecified atom stereocenters. The van der Waals surface area contributed by atoms with E-state index in [2.05, 4.69) is 0 Å². The molecule has 1 aliphatic heterocycles. The summed E-state index contributed by atoms with van der Waals surface area (Å²) in [6, 6.07) is 9.47. The van der Waals surface area contributed by atoms with E-state index >= 15 is 0 Å². The van der Waals surface area contributed by atoms with Crippen molar-refractivity contribution in [3.05, 3.63) is 75.8 Å². The normalized spacial score (nSPS) is 22.1. The number of hydrogen-bond donors (Lipinski definition) is 0. The number of carbonyl (C=O) groups excluding carboxylic acids is 4. The number of carbonyl (C=O) groups is 4. The number of hydrogen-bond acceptors (Lipinski definition) is 5. The third-order valence-corrected chi connectivity index (χ3v) is 7.10. The van der Waals surface area contributed by atoms with Gasteiger partial charge in [-0.05, 0) is 61.7 Å². The van der Waals surface area contributed by atoms with E-state index < -0.39 is 41.4 Å². The molecule has 1 fully saturated rings. The van der Waals surface area contributed by atoms with Gasteiger partial charge in [-0.2, -0.15) is 5.01 Å². The molecule has 9 heteroatoms. The van der Waals surface area contributed by atoms with Crippen molar-refractivity contribution in [1.29, 1.82) is 0 Å². The average Bonchev–Trinajstić information content (AvgIpc) is 3.09. The number of halogens is 2. The van der Waals surface area contributed by atoms with Gasteiger partial charge in [-0.3, -0.25) is 19.2 Å². The second-order valence-corrected chi connectivity index (χ2v) is 9.53. The molecule has 0 spiro atoms. The van der Waals surface area contributed by atoms with E-state index in [9.17, 15) is 19.2 Å². The highest BCUT2D eigenvalue weighted by Gasteiger charge is 2.54. The predicted octanol–water partition coefficient (Wildman–Crippen LogP) is 4.83. The highest BCUT2D eigenvalue weighted by Crippen LogP contribution is 2.40. The quantitative estimate of drug-likeness (QED) is 0.313. The zero-order valence-electron chi connectivity index (χ0n) is 19.4. The van der Waals surface area contributed by atoms with Gasteiger partial charge < -0.3 is 4.74 Å². The third kappa shape index (κ3) is 4.46. The van der Waals surface area contributed by atoms with Crippen LogP contribution in [0.5, 0.6) is 5.75 Å². The zero-order chi connectivity index (χ0) is 25.4. The van der Waals surface area contributed by atoms with Crippen LogP contribution in [-0.2, 0) is 9.59 Å². The first kappa shape index (κ1) is 24.9. The van der Waals surface area contributed by atoms with Crippen molar-refractivity contribution >= 4 is 46.7 Å². The fraction of sp³-hybridized carbons (Fsp3) is 0.308. The average molecular weight is 515 g/mol. The Labute approximate surface area is 213 Å². The topological polar surface area (TPSA) is 84.0 Å². The van der Waals surface area contributed by atoms with Crippen molar-refractivity contribution in [3.8, 4) is 5.75 Å². The Bertz CT molecular complexity index is 1230. The lowest BCUT2D eigenvalue weighted by Crippen LogP contribution is -2.56. The molecule has 0 aromatic heterocycles. The molecule has 0 radical (unpaired) electrons. The van der Waals surface area contributed by atoms with Crippen molar-refractivity contribution in [2.75, 3.05) is 7.11 Å². The van der Waals surface area contributed by atoms with E-state index in [-0.39, 0.29) is 16.5 Å². The van der Waals surface area contributed by atoms with Gasteiger partial charge in [0.2, 0.25) is 0 Å². The molecule has 4 atom stereocenters. The van der Waals surface area contributed by atoms with Crippen LogP contribution in [0.15, 0.2) is 54.6 Å². The Morgan fingerprint density at radius 3 is 2.37 bits per heavy atom. The van der Waals surface area contributed by atoms with Crippen LogP contribution in [0, 0.1) is 17.8 Å². The van der Waals surface area contributed by atoms with Crippen LogP contribution in [0.4, 0.5) is 0 Å². The summed E-state index contributed by atoms with van der Waals surface area (Å²) >= 11 is 12.3. The molecule has 1 aliphatic carbocycles. The van der Waals surface area contributed by atoms with Gasteiger partial charge in [0.05, 0.1) is 29.5 Å². The summed E-state index contributed by atoms with van der Waals surface area (Å²) in [7, 11) is 1.51. The molecule has 35 heavy (non-hydrogen) atoms. The minimum Gasteiger partial charge on any atom is -0.497 e. The monoisotopic (exact) mass is 514 g/mol. The lowest BCUT2D eigenvalue weighted by molar-refractivity contribution is -0.156. The minimum atomic E-state index is -1.18. The van der Waals surface area contributed by atoms with Crippen LogP contribution >= 0.6 is 23.2 Å². The van der Waals surface area contributed by atoms with E-state index in [0.717, 1.165) is 10.0 Å². The summed E-state index contributed by atoms with van der Waals surface area (Å²) in [6.07, 6.45) is 4.15. The van der Waals surface area contributed by atoms with Crippen molar-refractivity contribution < 1.29 is 23.9 Å². The molecule has 2 aliphatic rings. The predicted molar refractivity (Wildman–Crippen MR) is 131 cm³/mol. The van der Waals surface area contributed by atoms with E-state index in [1.165, 1.54) is 32.2 Å². The number of Topliss-reactive ketones (excluding diaryl/α,β-unsaturated/α-hetero) is 1. The van der Waals surface area contributed by atoms with Gasteiger partial charge in [0, 0.05) is 10.6 Å². The number of ether oxygens (including phenoxy) is 1. The minimum absolute atomic E-state index is 0.0205. The Hall–Kier alpha value is -3.16. The molecule has 7 nitrogen and oxygen atoms in total. The van der Waals surface area contributed by atoms with Gasteiger partial charge in [-0.25, -0.2) is 5.01 Å². The summed E-state index contributed by atoms with van der Waals surface area (Å²) in [5.41, 5.74) is 0.317. The van der Waals surface area contributed by atoms with Crippen LogP contribution in [0.25, 0.3) is 0 Å². The number of nitrogens with zero attached hydrogens (tertiary/aromatic N) is 2. The van der Waals surface area contributed by atoms with E-state index in [1.54, 1.807) is 24.3 Å². The molecule has 1 heterocycles. The molecule has 0 saturated carbocycles. The van der Waals surface area contributed by atoms with Crippen LogP contribution in [0.2, 0.25) is 10.0 Å². The van der Waals surface area contributed by atoms with Crippen molar-refractivity contribution in [3.63, 3.8) is 0 Å². The Morgan fingerprint density at radius 2 is 1.77 bits per heavy atom. The van der Waals surface area contributed by atoms with Crippen LogP contribution in [0.1, 0.15) is 41.0 Å². The number of ketones is 1. The summed E-state index contributed by atoms with van der Waals surface area (Å²) in [5.74, 6) is -3.04. The lowest BCUT2D eigenvalue weighted by atomic mass is 9.78. The van der Waals surface area contributed by atoms with Crippen LogP contribution < -0.4 is 4.74 Å². The van der Waals surface area contributed by atoms with Crippen molar-refractivity contribution in [2.45, 2.75) is 26.3 Å². The maximum atomic E-state index is 13.8. The maximum absolute atomic E-state index is 13.8. The molecular formula is C26H24Cl2N2O5. The summed E-state index contributed by atoms with van der Waals surface area (Å²) < 4.78 is 5.14. The number of amides is 3. The first-order chi connectivity index (χ1) is 16.6. The van der Waals surface area contributed by atoms with Crippen LogP contribution in [0.3, 0.4) is 0 Å². The summed E-state index contributed by atoms with van der Waals surface area (Å²) in [6.45, 7) is 3.34. The standard InChI is InChI=1S/C26H24Cl2N2O5/c1-14-5-4-6-20-22(14)26(34)30(25(20)33)29(24(32)19-12-9-17(27)13-21(19)28)15(2)23(31)16-7-10-18(35-3)11-8-16/h4-5,7-15,20,22H,6H2,1-3H3/t14-,15-,20+,22+/m0/s1. The van der Waals surface area contributed by atoms with Gasteiger partial charge in [0.15, 0.2) is 5.78 Å². The number of fused-ring (bicyclic) bond motifs is 1. The second-order valence-electron chi connectivity index (χ2n) is 8.69. The van der Waals surface area contributed by atoms with Gasteiger partial charge in [-0.1, -0.05) is 42.3 Å². The fourth-order valence-corrected chi connectivity index (χ4v) is 5.17. The molecule has 2 aromatic carbocycles. The number of imide groups is 1. The Kier molecular flexibility index (Phi) is 7.01. The first-order valence-electron chi connectivity index (χ1n) is 11.2. The number of methoxy groups -OCH3 is 1. The van der Waals surface area contributed by atoms with Crippen molar-refractivity contribution in [1.82, 2.24) is 10.0 Å². The number of rotatable bonds is 6. The first-order valence-corrected chi connectivity index (χ1v) is 11.9. The second kappa shape index (κ2) is 9.84. The third-order valence-electron chi connectivity index (χ3n) is 6.56. The van der Waals surface area contributed by atoms with Gasteiger partial charge >= 0.3 is 0 Å². The van der Waals surface area contributed by atoms with Crippen molar-refractivity contribution in [2.24, 2.45) is 17.8 Å². The summed E-state index contributed by atoms with van der Waals surface area (Å²) in [4.78, 5) is 54.2.